The van der Waals surface area contributed by atoms with Gasteiger partial charge in [-0.05, 0) is 110 Å². The van der Waals surface area contributed by atoms with E-state index >= 15 is 0 Å². The zero-order chi connectivity index (χ0) is 29.9. The number of rotatable bonds is 1. The molecule has 0 aromatic heterocycles. The van der Waals surface area contributed by atoms with E-state index in [0.29, 0.717) is 11.5 Å². The van der Waals surface area contributed by atoms with E-state index in [1.807, 2.05) is 18.2 Å². The SMILES string of the molecule is Cc1cc2c3cc1Oc1c4c(cc5c1[C@H](Cc1ccc(cc1)Oc1cc(ccc1CO)C[C@H]3N(C)CC2)N(C)CC5)OCO4. The van der Waals surface area contributed by atoms with Crippen LogP contribution in [0.15, 0.2) is 60.7 Å². The summed E-state index contributed by atoms with van der Waals surface area (Å²) in [6.45, 7) is 4.20. The van der Waals surface area contributed by atoms with Gasteiger partial charge in [-0.25, -0.2) is 0 Å². The first-order valence-corrected chi connectivity index (χ1v) is 15.6. The van der Waals surface area contributed by atoms with E-state index in [0.717, 1.165) is 78.5 Å². The summed E-state index contributed by atoms with van der Waals surface area (Å²) >= 11 is 0. The molecule has 0 aliphatic carbocycles. The predicted molar refractivity (Wildman–Crippen MR) is 168 cm³/mol. The van der Waals surface area contributed by atoms with Crippen LogP contribution in [0.5, 0.6) is 34.5 Å². The zero-order valence-corrected chi connectivity index (χ0v) is 25.6. The number of fused-ring (bicyclic) bond motifs is 3. The van der Waals surface area contributed by atoms with Crippen molar-refractivity contribution in [1.82, 2.24) is 9.80 Å². The van der Waals surface area contributed by atoms with Gasteiger partial charge < -0.3 is 24.1 Å². The number of ether oxygens (including phenoxy) is 4. The molecule has 0 unspecified atom stereocenters. The van der Waals surface area contributed by atoms with Crippen LogP contribution in [0.1, 0.15) is 56.6 Å². The van der Waals surface area contributed by atoms with Crippen LogP contribution in [0, 0.1) is 6.92 Å². The summed E-state index contributed by atoms with van der Waals surface area (Å²) in [5.41, 5.74) is 9.35. The van der Waals surface area contributed by atoms with Gasteiger partial charge in [0.15, 0.2) is 11.5 Å². The van der Waals surface area contributed by atoms with Crippen LogP contribution < -0.4 is 18.9 Å². The average Bonchev–Trinajstić information content (AvgIpc) is 3.50. The van der Waals surface area contributed by atoms with Gasteiger partial charge in [-0.1, -0.05) is 30.3 Å². The zero-order valence-electron chi connectivity index (χ0n) is 25.6. The Hall–Kier alpha value is -4.04. The Morgan fingerprint density at radius 1 is 0.727 bits per heavy atom. The van der Waals surface area contributed by atoms with Crippen LogP contribution in [0.25, 0.3) is 0 Å². The van der Waals surface area contributed by atoms with Gasteiger partial charge in [0.25, 0.3) is 0 Å². The van der Waals surface area contributed by atoms with Crippen molar-refractivity contribution in [3.63, 3.8) is 0 Å². The van der Waals surface area contributed by atoms with Crippen molar-refractivity contribution in [2.75, 3.05) is 34.0 Å². The molecule has 1 N–H and O–H groups in total. The van der Waals surface area contributed by atoms with E-state index in [1.54, 1.807) is 0 Å². The lowest BCUT2D eigenvalue weighted by Crippen LogP contribution is -2.34. The highest BCUT2D eigenvalue weighted by Crippen LogP contribution is 2.52. The van der Waals surface area contributed by atoms with E-state index < -0.39 is 0 Å². The molecule has 226 valence electrons. The number of aliphatic hydroxyl groups excluding tert-OH is 1. The van der Waals surface area contributed by atoms with Crippen molar-refractivity contribution in [2.45, 2.75) is 51.3 Å². The number of likely N-dealkylation sites (N-methyl/N-ethyl adjacent to an activating group) is 2. The van der Waals surface area contributed by atoms with Crippen LogP contribution in [0.2, 0.25) is 0 Å². The largest absolute Gasteiger partial charge is 0.457 e. The molecule has 7 heteroatoms. The van der Waals surface area contributed by atoms with Crippen molar-refractivity contribution in [3.8, 4) is 34.5 Å². The average molecular weight is 591 g/mol. The Morgan fingerprint density at radius 2 is 1.48 bits per heavy atom. The first-order valence-electron chi connectivity index (χ1n) is 15.6. The minimum Gasteiger partial charge on any atom is -0.457 e. The fourth-order valence-corrected chi connectivity index (χ4v) is 7.37. The highest BCUT2D eigenvalue weighted by molar-refractivity contribution is 5.64. The standard InChI is InChI=1S/C37H38N2O5/c1-22-14-25-10-12-38(2)30-16-24-4-7-27(20-40)33(17-24)43-28-8-5-23(6-9-28)15-31-35-26(11-13-39(31)3)18-34-36(42-21-41-34)37(35)44-32(22)19-29(25)30/h4-9,14,17-19,30-31,40H,10-13,15-16,20-21H2,1-3H3/t30-,31+/m1/s1. The van der Waals surface area contributed by atoms with Gasteiger partial charge >= 0.3 is 0 Å². The molecule has 0 saturated carbocycles. The molecule has 5 aliphatic rings. The monoisotopic (exact) mass is 590 g/mol. The van der Waals surface area contributed by atoms with E-state index in [1.165, 1.54) is 27.8 Å². The van der Waals surface area contributed by atoms with E-state index in [9.17, 15) is 5.11 Å². The van der Waals surface area contributed by atoms with Crippen LogP contribution in [0.4, 0.5) is 0 Å². The minimum absolute atomic E-state index is 0.0753. The molecule has 5 heterocycles. The summed E-state index contributed by atoms with van der Waals surface area (Å²) in [5.74, 6) is 4.55. The highest BCUT2D eigenvalue weighted by atomic mass is 16.7. The van der Waals surface area contributed by atoms with Crippen molar-refractivity contribution < 1.29 is 24.1 Å². The molecule has 0 fully saturated rings. The lowest BCUT2D eigenvalue weighted by atomic mass is 9.87. The van der Waals surface area contributed by atoms with Crippen LogP contribution >= 0.6 is 0 Å². The van der Waals surface area contributed by atoms with E-state index in [4.69, 9.17) is 18.9 Å². The molecule has 6 bridgehead atoms. The molecular weight excluding hydrogens is 552 g/mol. The maximum Gasteiger partial charge on any atom is 0.231 e. The summed E-state index contributed by atoms with van der Waals surface area (Å²) in [5, 5.41) is 10.1. The lowest BCUT2D eigenvalue weighted by Gasteiger charge is -2.37. The number of aliphatic hydroxyl groups is 1. The number of hydrogen-bond acceptors (Lipinski definition) is 7. The molecule has 4 aromatic rings. The third-order valence-electron chi connectivity index (χ3n) is 9.93. The number of hydrogen-bond donors (Lipinski definition) is 1. The molecule has 5 aliphatic heterocycles. The van der Waals surface area contributed by atoms with Gasteiger partial charge in [-0.15, -0.1) is 0 Å². The summed E-state index contributed by atoms with van der Waals surface area (Å²) in [6, 6.07) is 21.5. The van der Waals surface area contributed by atoms with Crippen LogP contribution in [-0.2, 0) is 32.3 Å². The van der Waals surface area contributed by atoms with E-state index in [-0.39, 0.29) is 25.5 Å². The summed E-state index contributed by atoms with van der Waals surface area (Å²) in [6.07, 6.45) is 3.54. The fraction of sp³-hybridized carbons (Fsp3) is 0.351. The number of aryl methyl sites for hydroxylation is 1. The molecule has 7 nitrogen and oxygen atoms in total. The molecule has 2 atom stereocenters. The van der Waals surface area contributed by atoms with Gasteiger partial charge in [0.05, 0.1) is 6.61 Å². The number of nitrogens with zero attached hydrogens (tertiary/aromatic N) is 2. The third kappa shape index (κ3) is 4.71. The van der Waals surface area contributed by atoms with Gasteiger partial charge in [0.2, 0.25) is 12.5 Å². The predicted octanol–water partition coefficient (Wildman–Crippen LogP) is 6.66. The molecule has 0 radical (unpaired) electrons. The normalized spacial score (nSPS) is 20.7. The van der Waals surface area contributed by atoms with E-state index in [2.05, 4.69) is 73.3 Å². The Bertz CT molecular complexity index is 1750. The molecule has 4 aromatic carbocycles. The lowest BCUT2D eigenvalue weighted by molar-refractivity contribution is 0.171. The van der Waals surface area contributed by atoms with Gasteiger partial charge in [0, 0.05) is 36.3 Å². The third-order valence-corrected chi connectivity index (χ3v) is 9.93. The van der Waals surface area contributed by atoms with Crippen molar-refractivity contribution in [2.24, 2.45) is 0 Å². The molecular formula is C37H38N2O5. The second-order valence-electron chi connectivity index (χ2n) is 12.7. The molecule has 0 amide bonds. The molecule has 9 rings (SSSR count). The quantitative estimate of drug-likeness (QED) is 0.266. The molecule has 0 saturated heterocycles. The van der Waals surface area contributed by atoms with Crippen molar-refractivity contribution in [3.05, 3.63) is 105 Å². The van der Waals surface area contributed by atoms with Crippen LogP contribution in [-0.4, -0.2) is 48.9 Å². The van der Waals surface area contributed by atoms with Gasteiger partial charge in [-0.3, -0.25) is 9.80 Å². The maximum absolute atomic E-state index is 10.1. The summed E-state index contributed by atoms with van der Waals surface area (Å²) in [7, 11) is 4.40. The van der Waals surface area contributed by atoms with Crippen molar-refractivity contribution >= 4 is 0 Å². The summed E-state index contributed by atoms with van der Waals surface area (Å²) < 4.78 is 25.5. The smallest absolute Gasteiger partial charge is 0.231 e. The number of benzene rings is 4. The summed E-state index contributed by atoms with van der Waals surface area (Å²) in [4.78, 5) is 4.85. The topological polar surface area (TPSA) is 63.6 Å². The second-order valence-corrected chi connectivity index (χ2v) is 12.7. The Balaban J connectivity index is 1.33. The van der Waals surface area contributed by atoms with Crippen molar-refractivity contribution in [1.29, 1.82) is 0 Å². The highest BCUT2D eigenvalue weighted by Gasteiger charge is 2.35. The minimum atomic E-state index is -0.0753. The van der Waals surface area contributed by atoms with Crippen LogP contribution in [0.3, 0.4) is 0 Å². The second kappa shape index (κ2) is 10.8. The fourth-order valence-electron chi connectivity index (χ4n) is 7.37. The first-order chi connectivity index (χ1) is 21.4. The Morgan fingerprint density at radius 3 is 2.30 bits per heavy atom. The van der Waals surface area contributed by atoms with Gasteiger partial charge in [-0.2, -0.15) is 0 Å². The van der Waals surface area contributed by atoms with Gasteiger partial charge in [0.1, 0.15) is 17.2 Å². The molecule has 44 heavy (non-hydrogen) atoms. The Labute approximate surface area is 258 Å². The molecule has 0 spiro atoms. The Kier molecular flexibility index (Phi) is 6.78. The maximum atomic E-state index is 10.1. The first kappa shape index (κ1) is 27.5.